The Morgan fingerprint density at radius 1 is 1.17 bits per heavy atom. The molecule has 3 rings (SSSR count). The van der Waals surface area contributed by atoms with Gasteiger partial charge in [-0.15, -0.1) is 0 Å². The highest BCUT2D eigenvalue weighted by molar-refractivity contribution is 5.62. The fourth-order valence-corrected chi connectivity index (χ4v) is 1.88. The third-order valence-corrected chi connectivity index (χ3v) is 2.74. The van der Waals surface area contributed by atoms with Crippen molar-refractivity contribution in [1.82, 2.24) is 4.98 Å². The largest absolute Gasteiger partial charge is 0.486 e. The van der Waals surface area contributed by atoms with Crippen LogP contribution in [0.25, 0.3) is 11.3 Å². The van der Waals surface area contributed by atoms with Crippen molar-refractivity contribution in [3.8, 4) is 22.8 Å². The summed E-state index contributed by atoms with van der Waals surface area (Å²) in [5, 5.41) is 0. The lowest BCUT2D eigenvalue weighted by atomic mass is 10.1. The van der Waals surface area contributed by atoms with Gasteiger partial charge in [-0.05, 0) is 18.2 Å². The van der Waals surface area contributed by atoms with E-state index < -0.39 is 0 Å². The summed E-state index contributed by atoms with van der Waals surface area (Å²) >= 11 is 0. The minimum Gasteiger partial charge on any atom is -0.486 e. The van der Waals surface area contributed by atoms with Crippen LogP contribution in [0, 0.1) is 0 Å². The molecule has 94 valence electrons. The van der Waals surface area contributed by atoms with Crippen LogP contribution in [-0.2, 0) is 6.42 Å². The summed E-state index contributed by atoms with van der Waals surface area (Å²) in [5.41, 5.74) is 6.39. The van der Waals surface area contributed by atoms with Gasteiger partial charge in [0.15, 0.2) is 23.1 Å². The first-order chi connectivity index (χ1) is 8.86. The number of oxazole rings is 1. The molecule has 18 heavy (non-hydrogen) atoms. The Bertz CT molecular complexity index is 551. The van der Waals surface area contributed by atoms with E-state index in [2.05, 4.69) is 4.98 Å². The molecule has 2 N–H and O–H groups in total. The molecule has 0 spiro atoms. The summed E-state index contributed by atoms with van der Waals surface area (Å²) in [6.45, 7) is 1.70. The lowest BCUT2D eigenvalue weighted by molar-refractivity contribution is 0.171. The van der Waals surface area contributed by atoms with Gasteiger partial charge in [0.1, 0.15) is 13.2 Å². The molecular weight excluding hydrogens is 232 g/mol. The standard InChI is InChI=1S/C13H14N2O3/c14-4-3-13-15-8-12(18-13)9-1-2-10-11(7-9)17-6-5-16-10/h1-2,7-8H,3-6,14H2. The van der Waals surface area contributed by atoms with E-state index in [0.717, 1.165) is 22.8 Å². The zero-order valence-corrected chi connectivity index (χ0v) is 9.89. The zero-order chi connectivity index (χ0) is 12.4. The van der Waals surface area contributed by atoms with Crippen LogP contribution in [0.5, 0.6) is 11.5 Å². The first-order valence-electron chi connectivity index (χ1n) is 5.91. The maximum atomic E-state index is 5.61. The molecule has 1 aromatic carbocycles. The van der Waals surface area contributed by atoms with Crippen LogP contribution in [0.2, 0.25) is 0 Å². The fourth-order valence-electron chi connectivity index (χ4n) is 1.88. The molecule has 0 amide bonds. The molecule has 1 aliphatic heterocycles. The van der Waals surface area contributed by atoms with Crippen LogP contribution < -0.4 is 15.2 Å². The first kappa shape index (κ1) is 11.1. The third kappa shape index (κ3) is 2.04. The minimum atomic E-state index is 0.529. The van der Waals surface area contributed by atoms with E-state index >= 15 is 0 Å². The molecule has 0 aliphatic carbocycles. The van der Waals surface area contributed by atoms with Gasteiger partial charge in [0.25, 0.3) is 0 Å². The number of fused-ring (bicyclic) bond motifs is 1. The lowest BCUT2D eigenvalue weighted by Crippen LogP contribution is -2.15. The quantitative estimate of drug-likeness (QED) is 0.891. The van der Waals surface area contributed by atoms with Crippen LogP contribution in [-0.4, -0.2) is 24.7 Å². The van der Waals surface area contributed by atoms with Crippen LogP contribution >= 0.6 is 0 Å². The molecule has 1 aromatic heterocycles. The predicted molar refractivity (Wildman–Crippen MR) is 65.7 cm³/mol. The smallest absolute Gasteiger partial charge is 0.196 e. The topological polar surface area (TPSA) is 70.5 Å². The zero-order valence-electron chi connectivity index (χ0n) is 9.89. The molecule has 0 atom stereocenters. The number of benzene rings is 1. The lowest BCUT2D eigenvalue weighted by Gasteiger charge is -2.18. The van der Waals surface area contributed by atoms with Gasteiger partial charge in [-0.3, -0.25) is 0 Å². The van der Waals surface area contributed by atoms with E-state index in [1.54, 1.807) is 6.20 Å². The molecule has 5 heteroatoms. The van der Waals surface area contributed by atoms with E-state index in [1.165, 1.54) is 0 Å². The maximum Gasteiger partial charge on any atom is 0.196 e. The Labute approximate surface area is 105 Å². The van der Waals surface area contributed by atoms with Gasteiger partial charge >= 0.3 is 0 Å². The van der Waals surface area contributed by atoms with E-state index in [0.29, 0.717) is 32.1 Å². The molecule has 0 unspecified atom stereocenters. The molecule has 2 aromatic rings. The van der Waals surface area contributed by atoms with Gasteiger partial charge in [0.05, 0.1) is 6.20 Å². The number of aromatic nitrogens is 1. The molecule has 0 radical (unpaired) electrons. The SMILES string of the molecule is NCCc1ncc(-c2ccc3c(c2)OCCO3)o1. The van der Waals surface area contributed by atoms with Gasteiger partial charge in [0.2, 0.25) is 0 Å². The number of hydrogen-bond acceptors (Lipinski definition) is 5. The Kier molecular flexibility index (Phi) is 2.90. The van der Waals surface area contributed by atoms with Crippen molar-refractivity contribution < 1.29 is 13.9 Å². The summed E-state index contributed by atoms with van der Waals surface area (Å²) < 4.78 is 16.6. The fraction of sp³-hybridized carbons (Fsp3) is 0.308. The van der Waals surface area contributed by atoms with Crippen LogP contribution in [0.1, 0.15) is 5.89 Å². The number of hydrogen-bond donors (Lipinski definition) is 1. The average Bonchev–Trinajstić information content (AvgIpc) is 2.87. The molecule has 0 fully saturated rings. The Morgan fingerprint density at radius 3 is 2.83 bits per heavy atom. The highest BCUT2D eigenvalue weighted by Gasteiger charge is 2.14. The normalized spacial score (nSPS) is 13.6. The molecule has 1 aliphatic rings. The first-order valence-corrected chi connectivity index (χ1v) is 5.91. The van der Waals surface area contributed by atoms with Crippen molar-refractivity contribution in [2.45, 2.75) is 6.42 Å². The summed E-state index contributed by atoms with van der Waals surface area (Å²) in [6, 6.07) is 5.72. The highest BCUT2D eigenvalue weighted by atomic mass is 16.6. The van der Waals surface area contributed by atoms with E-state index in [-0.39, 0.29) is 0 Å². The maximum absolute atomic E-state index is 5.61. The van der Waals surface area contributed by atoms with Crippen molar-refractivity contribution in [3.05, 3.63) is 30.3 Å². The summed E-state index contributed by atoms with van der Waals surface area (Å²) in [6.07, 6.45) is 2.35. The van der Waals surface area contributed by atoms with Crippen molar-refractivity contribution in [1.29, 1.82) is 0 Å². The summed E-state index contributed by atoms with van der Waals surface area (Å²) in [7, 11) is 0. The van der Waals surface area contributed by atoms with E-state index in [9.17, 15) is 0 Å². The van der Waals surface area contributed by atoms with Crippen molar-refractivity contribution in [3.63, 3.8) is 0 Å². The number of nitrogens with zero attached hydrogens (tertiary/aromatic N) is 1. The summed E-state index contributed by atoms with van der Waals surface area (Å²) in [4.78, 5) is 4.18. The number of ether oxygens (including phenoxy) is 2. The Morgan fingerprint density at radius 2 is 2.00 bits per heavy atom. The molecule has 2 heterocycles. The van der Waals surface area contributed by atoms with Gasteiger partial charge in [0, 0.05) is 18.5 Å². The van der Waals surface area contributed by atoms with Crippen molar-refractivity contribution in [2.24, 2.45) is 5.73 Å². The highest BCUT2D eigenvalue weighted by Crippen LogP contribution is 2.34. The van der Waals surface area contributed by atoms with Gasteiger partial charge in [-0.25, -0.2) is 4.98 Å². The molecule has 0 saturated carbocycles. The third-order valence-electron chi connectivity index (χ3n) is 2.74. The number of nitrogens with two attached hydrogens (primary N) is 1. The van der Waals surface area contributed by atoms with Crippen molar-refractivity contribution in [2.75, 3.05) is 19.8 Å². The van der Waals surface area contributed by atoms with Gasteiger partial charge < -0.3 is 19.6 Å². The Balaban J connectivity index is 1.91. The predicted octanol–water partition coefficient (Wildman–Crippen LogP) is 1.61. The number of rotatable bonds is 3. The monoisotopic (exact) mass is 246 g/mol. The molecule has 0 saturated heterocycles. The van der Waals surface area contributed by atoms with Crippen LogP contribution in [0.15, 0.2) is 28.8 Å². The van der Waals surface area contributed by atoms with Gasteiger partial charge in [-0.1, -0.05) is 0 Å². The summed E-state index contributed by atoms with van der Waals surface area (Å²) in [5.74, 6) is 2.89. The van der Waals surface area contributed by atoms with Gasteiger partial charge in [-0.2, -0.15) is 0 Å². The van der Waals surface area contributed by atoms with E-state index in [4.69, 9.17) is 19.6 Å². The second-order valence-electron chi connectivity index (χ2n) is 4.02. The second kappa shape index (κ2) is 4.70. The van der Waals surface area contributed by atoms with E-state index in [1.807, 2.05) is 18.2 Å². The molecule has 5 nitrogen and oxygen atoms in total. The second-order valence-corrected chi connectivity index (χ2v) is 4.02. The molecule has 0 bridgehead atoms. The molecular formula is C13H14N2O3. The van der Waals surface area contributed by atoms with Crippen molar-refractivity contribution >= 4 is 0 Å². The van der Waals surface area contributed by atoms with Crippen LogP contribution in [0.4, 0.5) is 0 Å². The Hall–Kier alpha value is -2.01. The minimum absolute atomic E-state index is 0.529. The average molecular weight is 246 g/mol. The van der Waals surface area contributed by atoms with Crippen LogP contribution in [0.3, 0.4) is 0 Å².